The third-order valence-electron chi connectivity index (χ3n) is 10.9. The van der Waals surface area contributed by atoms with Gasteiger partial charge in [-0.25, -0.2) is 4.98 Å². The van der Waals surface area contributed by atoms with E-state index in [1.807, 2.05) is 36.5 Å². The molecule has 0 spiro atoms. The molecule has 0 fully saturated rings. The molecule has 0 bridgehead atoms. The van der Waals surface area contributed by atoms with Crippen molar-refractivity contribution in [2.45, 2.75) is 45.4 Å². The first kappa shape index (κ1) is 32.6. The van der Waals surface area contributed by atoms with Crippen LogP contribution in [0, 0.1) is 0 Å². The summed E-state index contributed by atoms with van der Waals surface area (Å²) in [6.07, 6.45) is 1.90. The second-order valence-electron chi connectivity index (χ2n) is 15.7. The Morgan fingerprint density at radius 2 is 1.26 bits per heavy atom. The van der Waals surface area contributed by atoms with Crippen molar-refractivity contribution in [2.75, 3.05) is 0 Å². The van der Waals surface area contributed by atoms with E-state index in [0.29, 0.717) is 11.4 Å². The lowest BCUT2D eigenvalue weighted by atomic mass is 9.82. The molecule has 4 heteroatoms. The third kappa shape index (κ3) is 5.45. The molecule has 53 heavy (non-hydrogen) atoms. The maximum atomic E-state index is 11.9. The molecular formula is C49H41N3O. The van der Waals surface area contributed by atoms with Gasteiger partial charge in [0.05, 0.1) is 22.3 Å². The minimum atomic E-state index is -0.222. The second-order valence-corrected chi connectivity index (χ2v) is 15.7. The third-order valence-corrected chi connectivity index (χ3v) is 10.9. The van der Waals surface area contributed by atoms with E-state index in [9.17, 15) is 5.11 Å². The molecular weight excluding hydrogens is 647 g/mol. The molecule has 9 rings (SSSR count). The molecule has 6 aromatic carbocycles. The summed E-state index contributed by atoms with van der Waals surface area (Å²) >= 11 is 0. The van der Waals surface area contributed by atoms with Crippen molar-refractivity contribution in [3.63, 3.8) is 0 Å². The summed E-state index contributed by atoms with van der Waals surface area (Å²) in [6.45, 7) is 11.2. The highest BCUT2D eigenvalue weighted by Crippen LogP contribution is 2.52. The first-order valence-corrected chi connectivity index (χ1v) is 18.3. The Hall–Kier alpha value is -6.26. The smallest absolute Gasteiger partial charge is 0.149 e. The Balaban J connectivity index is 1.27. The van der Waals surface area contributed by atoms with Gasteiger partial charge in [0.2, 0.25) is 0 Å². The molecule has 0 saturated carbocycles. The van der Waals surface area contributed by atoms with E-state index >= 15 is 0 Å². The highest BCUT2D eigenvalue weighted by molar-refractivity contribution is 5.97. The minimum Gasteiger partial charge on any atom is -0.507 e. The quantitative estimate of drug-likeness (QED) is 0.196. The molecule has 1 N–H and O–H groups in total. The van der Waals surface area contributed by atoms with Crippen LogP contribution in [0.3, 0.4) is 0 Å². The molecule has 0 saturated heterocycles. The Kier molecular flexibility index (Phi) is 7.49. The lowest BCUT2D eigenvalue weighted by Crippen LogP contribution is -2.14. The molecule has 2 heterocycles. The number of fused-ring (bicyclic) bond motifs is 4. The predicted molar refractivity (Wildman–Crippen MR) is 219 cm³/mol. The number of aromatic hydroxyl groups is 1. The van der Waals surface area contributed by atoms with Gasteiger partial charge in [0.1, 0.15) is 11.6 Å². The zero-order valence-electron chi connectivity index (χ0n) is 30.7. The standard InChI is InChI=1S/C49H41N3O/c1-48(2,3)35-26-33(25-34(27-35)43-28-32(23-24-50-43)31-15-8-6-9-16-31)37-20-14-22-44-46(37)51-47(52(44)36-17-10-7-11-18-36)40-29-39-38-19-12-13-21-41(38)49(4,5)42(39)30-45(40)53/h6-30,53H,1-5H3. The Morgan fingerprint density at radius 3 is 2.04 bits per heavy atom. The molecule has 8 aromatic rings. The largest absolute Gasteiger partial charge is 0.507 e. The molecule has 0 aliphatic heterocycles. The highest BCUT2D eigenvalue weighted by atomic mass is 16.3. The number of rotatable bonds is 5. The summed E-state index contributed by atoms with van der Waals surface area (Å²) in [4.78, 5) is 10.3. The van der Waals surface area contributed by atoms with Gasteiger partial charge in [0, 0.05) is 28.4 Å². The van der Waals surface area contributed by atoms with Crippen LogP contribution in [0.5, 0.6) is 5.75 Å². The van der Waals surface area contributed by atoms with Gasteiger partial charge in [-0.1, -0.05) is 126 Å². The number of nitrogens with zero attached hydrogens (tertiary/aromatic N) is 3. The van der Waals surface area contributed by atoms with E-state index < -0.39 is 0 Å². The van der Waals surface area contributed by atoms with Crippen LogP contribution in [0.4, 0.5) is 0 Å². The van der Waals surface area contributed by atoms with E-state index in [-0.39, 0.29) is 16.6 Å². The normalized spacial score (nSPS) is 13.2. The maximum absolute atomic E-state index is 11.9. The van der Waals surface area contributed by atoms with E-state index in [1.165, 1.54) is 16.7 Å². The van der Waals surface area contributed by atoms with Crippen molar-refractivity contribution in [3.8, 4) is 67.5 Å². The number of pyridine rings is 1. The number of para-hydroxylation sites is 2. The van der Waals surface area contributed by atoms with E-state index in [4.69, 9.17) is 9.97 Å². The van der Waals surface area contributed by atoms with Gasteiger partial charge in [0.25, 0.3) is 0 Å². The Morgan fingerprint density at radius 1 is 0.566 bits per heavy atom. The molecule has 0 atom stereocenters. The summed E-state index contributed by atoms with van der Waals surface area (Å²) in [7, 11) is 0. The fourth-order valence-electron chi connectivity index (χ4n) is 8.03. The van der Waals surface area contributed by atoms with Crippen LogP contribution in [-0.4, -0.2) is 19.6 Å². The van der Waals surface area contributed by atoms with Crippen LogP contribution in [0.1, 0.15) is 51.3 Å². The zero-order chi connectivity index (χ0) is 36.5. The SMILES string of the molecule is CC(C)(C)c1cc(-c2cc(-c3ccccc3)ccn2)cc(-c2cccc3c2nc(-c2cc4c(cc2O)C(C)(C)c2ccccc2-4)n3-c2ccccc2)c1. The number of hydrogen-bond acceptors (Lipinski definition) is 3. The monoisotopic (exact) mass is 687 g/mol. The molecule has 2 aromatic heterocycles. The fraction of sp³-hybridized carbons (Fsp3) is 0.143. The van der Waals surface area contributed by atoms with Crippen LogP contribution in [0.15, 0.2) is 152 Å². The average molecular weight is 688 g/mol. The topological polar surface area (TPSA) is 50.9 Å². The average Bonchev–Trinajstić information content (AvgIpc) is 3.67. The zero-order valence-corrected chi connectivity index (χ0v) is 30.7. The van der Waals surface area contributed by atoms with Gasteiger partial charge in [-0.3, -0.25) is 9.55 Å². The Labute approximate surface area is 311 Å². The van der Waals surface area contributed by atoms with Gasteiger partial charge in [-0.15, -0.1) is 0 Å². The molecule has 4 nitrogen and oxygen atoms in total. The van der Waals surface area contributed by atoms with E-state index in [0.717, 1.165) is 61.4 Å². The molecule has 0 radical (unpaired) electrons. The molecule has 0 unspecified atom stereocenters. The number of hydrogen-bond donors (Lipinski definition) is 1. The number of benzene rings is 6. The maximum Gasteiger partial charge on any atom is 0.149 e. The molecule has 258 valence electrons. The summed E-state index contributed by atoms with van der Waals surface area (Å²) in [5, 5.41) is 11.9. The first-order valence-electron chi connectivity index (χ1n) is 18.3. The number of phenolic OH excluding ortho intramolecular Hbond substituents is 1. The van der Waals surface area contributed by atoms with Gasteiger partial charge >= 0.3 is 0 Å². The first-order chi connectivity index (χ1) is 25.6. The van der Waals surface area contributed by atoms with Gasteiger partial charge in [-0.2, -0.15) is 0 Å². The van der Waals surface area contributed by atoms with Crippen molar-refractivity contribution >= 4 is 11.0 Å². The fourth-order valence-corrected chi connectivity index (χ4v) is 8.03. The minimum absolute atomic E-state index is 0.107. The van der Waals surface area contributed by atoms with Gasteiger partial charge in [-0.05, 0) is 105 Å². The lowest BCUT2D eigenvalue weighted by molar-refractivity contribution is 0.474. The molecule has 0 amide bonds. The summed E-state index contributed by atoms with van der Waals surface area (Å²) < 4.78 is 2.19. The van der Waals surface area contributed by atoms with Crippen molar-refractivity contribution in [3.05, 3.63) is 168 Å². The number of phenols is 1. The van der Waals surface area contributed by atoms with Crippen LogP contribution in [-0.2, 0) is 10.8 Å². The highest BCUT2D eigenvalue weighted by Gasteiger charge is 2.36. The van der Waals surface area contributed by atoms with E-state index in [1.54, 1.807) is 0 Å². The van der Waals surface area contributed by atoms with Crippen molar-refractivity contribution in [1.82, 2.24) is 14.5 Å². The van der Waals surface area contributed by atoms with Crippen LogP contribution < -0.4 is 0 Å². The molecule has 1 aliphatic rings. The number of imidazole rings is 1. The number of aromatic nitrogens is 3. The molecule has 1 aliphatic carbocycles. The summed E-state index contributed by atoms with van der Waals surface area (Å²) in [5.41, 5.74) is 15.5. The van der Waals surface area contributed by atoms with Crippen molar-refractivity contribution < 1.29 is 5.11 Å². The van der Waals surface area contributed by atoms with Gasteiger partial charge < -0.3 is 5.11 Å². The Bertz CT molecular complexity index is 2680. The second kappa shape index (κ2) is 12.2. The van der Waals surface area contributed by atoms with Crippen LogP contribution >= 0.6 is 0 Å². The van der Waals surface area contributed by atoms with Crippen molar-refractivity contribution in [1.29, 1.82) is 0 Å². The van der Waals surface area contributed by atoms with Crippen LogP contribution in [0.2, 0.25) is 0 Å². The van der Waals surface area contributed by atoms with Crippen LogP contribution in [0.25, 0.3) is 72.7 Å². The van der Waals surface area contributed by atoms with Gasteiger partial charge in [0.15, 0.2) is 0 Å². The summed E-state index contributed by atoms with van der Waals surface area (Å²) in [6, 6.07) is 50.9. The predicted octanol–water partition coefficient (Wildman–Crippen LogP) is 12.4. The lowest BCUT2D eigenvalue weighted by Gasteiger charge is -2.22. The summed E-state index contributed by atoms with van der Waals surface area (Å²) in [5.74, 6) is 0.922. The van der Waals surface area contributed by atoms with E-state index in [2.05, 4.69) is 154 Å². The van der Waals surface area contributed by atoms with Crippen molar-refractivity contribution in [2.24, 2.45) is 0 Å².